The lowest BCUT2D eigenvalue weighted by Crippen LogP contribution is -2.50. The van der Waals surface area contributed by atoms with Crippen molar-refractivity contribution in [3.8, 4) is 0 Å². The van der Waals surface area contributed by atoms with Gasteiger partial charge in [-0.1, -0.05) is 44.2 Å². The highest BCUT2D eigenvalue weighted by Crippen LogP contribution is 2.07. The average Bonchev–Trinajstić information content (AvgIpc) is 2.63. The maximum absolute atomic E-state index is 12.4. The van der Waals surface area contributed by atoms with Crippen LogP contribution < -0.4 is 16.4 Å². The molecule has 0 bridgehead atoms. The standard InChI is InChI=1S/C19H27N3O5/c1-13(2)10-16(18(25)21-15(11-23)8-9-17(20)24)22-19(26)27-12-14-6-4-3-5-7-14/h3-7,11,13,15-16H,8-10,12H2,1-2H3,(H2,20,24)(H,21,25)(H,22,26)/t15-,16-/m0/s1. The molecule has 0 aromatic heterocycles. The van der Waals surface area contributed by atoms with Crippen molar-refractivity contribution in [3.05, 3.63) is 35.9 Å². The normalized spacial score (nSPS) is 12.7. The quantitative estimate of drug-likeness (QED) is 0.501. The van der Waals surface area contributed by atoms with Crippen LogP contribution in [0.2, 0.25) is 0 Å². The van der Waals surface area contributed by atoms with Gasteiger partial charge in [-0.05, 0) is 24.3 Å². The van der Waals surface area contributed by atoms with E-state index in [4.69, 9.17) is 10.5 Å². The molecule has 1 rings (SSSR count). The Hall–Kier alpha value is -2.90. The minimum Gasteiger partial charge on any atom is -0.445 e. The van der Waals surface area contributed by atoms with Gasteiger partial charge in [0.25, 0.3) is 0 Å². The molecule has 27 heavy (non-hydrogen) atoms. The number of ether oxygens (including phenoxy) is 1. The summed E-state index contributed by atoms with van der Waals surface area (Å²) < 4.78 is 5.14. The minimum atomic E-state index is -0.857. The highest BCUT2D eigenvalue weighted by Gasteiger charge is 2.25. The average molecular weight is 377 g/mol. The van der Waals surface area contributed by atoms with Gasteiger partial charge in [0.2, 0.25) is 11.8 Å². The topological polar surface area (TPSA) is 128 Å². The number of aldehydes is 1. The summed E-state index contributed by atoms with van der Waals surface area (Å²) in [6.07, 6.45) is 0.274. The van der Waals surface area contributed by atoms with Crippen molar-refractivity contribution < 1.29 is 23.9 Å². The number of rotatable bonds is 11. The highest BCUT2D eigenvalue weighted by molar-refractivity contribution is 5.87. The van der Waals surface area contributed by atoms with E-state index in [0.717, 1.165) is 5.56 Å². The second-order valence-corrected chi connectivity index (χ2v) is 6.64. The van der Waals surface area contributed by atoms with Crippen LogP contribution in [0.1, 0.15) is 38.7 Å². The lowest BCUT2D eigenvalue weighted by molar-refractivity contribution is -0.126. The number of carbonyl (C=O) groups is 4. The van der Waals surface area contributed by atoms with Gasteiger partial charge < -0.3 is 25.9 Å². The first-order valence-corrected chi connectivity index (χ1v) is 8.83. The van der Waals surface area contributed by atoms with Crippen molar-refractivity contribution in [1.82, 2.24) is 10.6 Å². The number of hydrogen-bond acceptors (Lipinski definition) is 5. The van der Waals surface area contributed by atoms with Gasteiger partial charge in [0.1, 0.15) is 18.9 Å². The molecule has 8 nitrogen and oxygen atoms in total. The molecule has 0 aliphatic heterocycles. The zero-order valence-corrected chi connectivity index (χ0v) is 15.6. The van der Waals surface area contributed by atoms with Crippen LogP contribution >= 0.6 is 0 Å². The summed E-state index contributed by atoms with van der Waals surface area (Å²) >= 11 is 0. The number of alkyl carbamates (subject to hydrolysis) is 1. The Labute approximate surface area is 158 Å². The summed E-state index contributed by atoms with van der Waals surface area (Å²) in [7, 11) is 0. The van der Waals surface area contributed by atoms with Gasteiger partial charge >= 0.3 is 6.09 Å². The molecule has 3 amide bonds. The minimum absolute atomic E-state index is 0.0227. The molecule has 8 heteroatoms. The molecule has 0 unspecified atom stereocenters. The Bertz CT molecular complexity index is 633. The molecule has 1 aromatic carbocycles. The smallest absolute Gasteiger partial charge is 0.408 e. The van der Waals surface area contributed by atoms with Gasteiger partial charge in [-0.2, -0.15) is 0 Å². The van der Waals surface area contributed by atoms with Crippen LogP contribution in [0, 0.1) is 5.92 Å². The summed E-state index contributed by atoms with van der Waals surface area (Å²) in [5.41, 5.74) is 5.88. The van der Waals surface area contributed by atoms with Crippen molar-refractivity contribution in [1.29, 1.82) is 0 Å². The van der Waals surface area contributed by atoms with Gasteiger partial charge in [-0.25, -0.2) is 4.79 Å². The Morgan fingerprint density at radius 1 is 1.15 bits per heavy atom. The van der Waals surface area contributed by atoms with Gasteiger partial charge in [0.05, 0.1) is 6.04 Å². The summed E-state index contributed by atoms with van der Waals surface area (Å²) in [6.45, 7) is 3.89. The van der Waals surface area contributed by atoms with Gasteiger partial charge in [-0.3, -0.25) is 9.59 Å². The van der Waals surface area contributed by atoms with Crippen molar-refractivity contribution in [2.75, 3.05) is 0 Å². The van der Waals surface area contributed by atoms with Gasteiger partial charge in [0, 0.05) is 6.42 Å². The zero-order valence-electron chi connectivity index (χ0n) is 15.6. The van der Waals surface area contributed by atoms with E-state index in [9.17, 15) is 19.2 Å². The first kappa shape index (κ1) is 22.1. The third-order valence-electron chi connectivity index (χ3n) is 3.72. The molecule has 0 radical (unpaired) electrons. The number of nitrogens with one attached hydrogen (secondary N) is 2. The van der Waals surface area contributed by atoms with E-state index in [1.807, 2.05) is 44.2 Å². The Morgan fingerprint density at radius 2 is 1.81 bits per heavy atom. The molecule has 0 aliphatic rings. The molecule has 148 valence electrons. The van der Waals surface area contributed by atoms with Crippen LogP contribution in [0.5, 0.6) is 0 Å². The molecular weight excluding hydrogens is 350 g/mol. The van der Waals surface area contributed by atoms with Crippen molar-refractivity contribution in [2.45, 2.75) is 51.8 Å². The van der Waals surface area contributed by atoms with E-state index in [-0.39, 0.29) is 25.4 Å². The molecule has 1 aromatic rings. The number of amides is 3. The van der Waals surface area contributed by atoms with E-state index in [1.54, 1.807) is 0 Å². The molecule has 4 N–H and O–H groups in total. The van der Waals surface area contributed by atoms with Crippen LogP contribution in [-0.2, 0) is 25.7 Å². The van der Waals surface area contributed by atoms with Gasteiger partial charge in [0.15, 0.2) is 0 Å². The molecular formula is C19H27N3O5. The third kappa shape index (κ3) is 9.39. The zero-order chi connectivity index (χ0) is 20.2. The summed E-state index contributed by atoms with van der Waals surface area (Å²) in [5.74, 6) is -0.949. The fourth-order valence-corrected chi connectivity index (χ4v) is 2.37. The third-order valence-corrected chi connectivity index (χ3v) is 3.72. The number of hydrogen-bond donors (Lipinski definition) is 3. The second-order valence-electron chi connectivity index (χ2n) is 6.64. The number of benzene rings is 1. The molecule has 0 aliphatic carbocycles. The van der Waals surface area contributed by atoms with Crippen LogP contribution in [-0.4, -0.2) is 36.3 Å². The van der Waals surface area contributed by atoms with Crippen molar-refractivity contribution in [2.24, 2.45) is 11.7 Å². The molecule has 2 atom stereocenters. The maximum Gasteiger partial charge on any atom is 0.408 e. The van der Waals surface area contributed by atoms with Crippen LogP contribution in [0.15, 0.2) is 30.3 Å². The molecule has 0 saturated carbocycles. The van der Waals surface area contributed by atoms with Crippen LogP contribution in [0.4, 0.5) is 4.79 Å². The Kier molecular flexibility index (Phi) is 9.57. The van der Waals surface area contributed by atoms with E-state index in [0.29, 0.717) is 12.7 Å². The lowest BCUT2D eigenvalue weighted by atomic mass is 10.0. The number of primary amides is 1. The Balaban J connectivity index is 2.61. The molecule has 0 fully saturated rings. The number of nitrogens with two attached hydrogens (primary N) is 1. The van der Waals surface area contributed by atoms with E-state index in [2.05, 4.69) is 10.6 Å². The predicted molar refractivity (Wildman–Crippen MR) is 99.4 cm³/mol. The van der Waals surface area contributed by atoms with Crippen molar-refractivity contribution >= 4 is 24.2 Å². The molecule has 0 heterocycles. The fourth-order valence-electron chi connectivity index (χ4n) is 2.37. The highest BCUT2D eigenvalue weighted by atomic mass is 16.5. The first-order valence-electron chi connectivity index (χ1n) is 8.83. The van der Waals surface area contributed by atoms with Crippen molar-refractivity contribution in [3.63, 3.8) is 0 Å². The first-order chi connectivity index (χ1) is 12.8. The number of carbonyl (C=O) groups excluding carboxylic acids is 4. The molecule has 0 spiro atoms. The van der Waals surface area contributed by atoms with Crippen LogP contribution in [0.3, 0.4) is 0 Å². The Morgan fingerprint density at radius 3 is 2.37 bits per heavy atom. The molecule has 0 saturated heterocycles. The van der Waals surface area contributed by atoms with Gasteiger partial charge in [-0.15, -0.1) is 0 Å². The van der Waals surface area contributed by atoms with Crippen LogP contribution in [0.25, 0.3) is 0 Å². The maximum atomic E-state index is 12.4. The second kappa shape index (κ2) is 11.7. The largest absolute Gasteiger partial charge is 0.445 e. The summed E-state index contributed by atoms with van der Waals surface area (Å²) in [6, 6.07) is 7.45. The SMILES string of the molecule is CC(C)C[C@H](NC(=O)OCc1ccccc1)C(=O)N[C@H](C=O)CCC(N)=O. The lowest BCUT2D eigenvalue weighted by Gasteiger charge is -2.22. The summed E-state index contributed by atoms with van der Waals surface area (Å²) in [5, 5.41) is 5.05. The fraction of sp³-hybridized carbons (Fsp3) is 0.474. The van der Waals surface area contributed by atoms with E-state index in [1.165, 1.54) is 0 Å². The predicted octanol–water partition coefficient (Wildman–Crippen LogP) is 1.28. The van der Waals surface area contributed by atoms with E-state index < -0.39 is 30.0 Å². The summed E-state index contributed by atoms with van der Waals surface area (Å²) in [4.78, 5) is 46.4. The van der Waals surface area contributed by atoms with E-state index >= 15 is 0 Å². The monoisotopic (exact) mass is 377 g/mol.